The number of aryl methyl sites for hydroxylation is 2. The van der Waals surface area contributed by atoms with Crippen molar-refractivity contribution in [2.24, 2.45) is 0 Å². The number of ether oxygens (including phenoxy) is 2. The quantitative estimate of drug-likeness (QED) is 0.477. The molecular weight excluding hydrogens is 456 g/mol. The van der Waals surface area contributed by atoms with Crippen LogP contribution in [0, 0.1) is 13.8 Å². The van der Waals surface area contributed by atoms with E-state index in [1.165, 1.54) is 6.08 Å². The summed E-state index contributed by atoms with van der Waals surface area (Å²) in [7, 11) is 0. The molecule has 0 atom stereocenters. The Morgan fingerprint density at radius 2 is 1.84 bits per heavy atom. The molecule has 5 nitrogen and oxygen atoms in total. The average Bonchev–Trinajstić information content (AvgIpc) is 2.68. The first-order valence-corrected chi connectivity index (χ1v) is 10.0. The first-order valence-electron chi connectivity index (χ1n) is 9.27. The van der Waals surface area contributed by atoms with Crippen LogP contribution in [0.5, 0.6) is 11.5 Å². The molecule has 1 aromatic heterocycles. The Hall–Kier alpha value is -2.45. The van der Waals surface area contributed by atoms with Crippen LogP contribution in [0.15, 0.2) is 41.0 Å². The molecule has 0 radical (unpaired) electrons. The predicted molar refractivity (Wildman–Crippen MR) is 113 cm³/mol. The number of carbonyl (C=O) groups excluding carboxylic acids is 1. The Labute approximate surface area is 188 Å². The molecule has 31 heavy (non-hydrogen) atoms. The van der Waals surface area contributed by atoms with E-state index in [9.17, 15) is 18.0 Å². The summed E-state index contributed by atoms with van der Waals surface area (Å²) < 4.78 is 49.1. The number of hydrogen-bond donors (Lipinski definition) is 1. The van der Waals surface area contributed by atoms with Crippen molar-refractivity contribution >= 4 is 29.1 Å². The molecule has 0 fully saturated rings. The largest absolute Gasteiger partial charge is 0.493 e. The molecule has 0 spiro atoms. The van der Waals surface area contributed by atoms with Gasteiger partial charge in [-0.3, -0.25) is 9.78 Å². The van der Waals surface area contributed by atoms with Crippen molar-refractivity contribution < 1.29 is 27.4 Å². The van der Waals surface area contributed by atoms with Gasteiger partial charge in [0.2, 0.25) is 0 Å². The highest BCUT2D eigenvalue weighted by atomic mass is 35.5. The minimum atomic E-state index is -4.49. The summed E-state index contributed by atoms with van der Waals surface area (Å²) in [6, 6.07) is 5.53. The van der Waals surface area contributed by atoms with Crippen molar-refractivity contribution in [2.75, 3.05) is 19.8 Å². The van der Waals surface area contributed by atoms with Crippen LogP contribution in [0.4, 0.5) is 13.2 Å². The number of pyridine rings is 1. The van der Waals surface area contributed by atoms with E-state index in [0.717, 1.165) is 23.3 Å². The molecule has 0 aliphatic carbocycles. The van der Waals surface area contributed by atoms with Gasteiger partial charge in [-0.25, -0.2) is 0 Å². The van der Waals surface area contributed by atoms with E-state index in [0.29, 0.717) is 30.7 Å². The fraction of sp³-hybridized carbons (Fsp3) is 0.333. The normalized spacial score (nSPS) is 11.1. The van der Waals surface area contributed by atoms with Crippen LogP contribution < -0.4 is 14.8 Å². The van der Waals surface area contributed by atoms with Gasteiger partial charge in [-0.2, -0.15) is 13.2 Å². The topological polar surface area (TPSA) is 60.5 Å². The molecular formula is C21H21Cl2F3N2O3. The SMILES string of the molecule is Cc1cc(OCC=C(Cl)Cl)cc(C)c1OCCCNC(=O)c1ccc(C(F)(F)F)cn1. The monoisotopic (exact) mass is 476 g/mol. The first kappa shape index (κ1) is 24.8. The van der Waals surface area contributed by atoms with Crippen molar-refractivity contribution in [1.29, 1.82) is 0 Å². The molecule has 1 heterocycles. The Bertz CT molecular complexity index is 905. The Morgan fingerprint density at radius 1 is 1.16 bits per heavy atom. The summed E-state index contributed by atoms with van der Waals surface area (Å²) >= 11 is 11.1. The van der Waals surface area contributed by atoms with Gasteiger partial charge in [0.25, 0.3) is 5.91 Å². The Morgan fingerprint density at radius 3 is 2.39 bits per heavy atom. The van der Waals surface area contributed by atoms with Gasteiger partial charge in [0.05, 0.1) is 12.2 Å². The third kappa shape index (κ3) is 7.95. The number of nitrogens with one attached hydrogen (secondary N) is 1. The van der Waals surface area contributed by atoms with Gasteiger partial charge >= 0.3 is 6.18 Å². The molecule has 0 bridgehead atoms. The molecule has 10 heteroatoms. The number of halogens is 5. The molecule has 1 N–H and O–H groups in total. The van der Waals surface area contributed by atoms with Gasteiger partial charge in [0, 0.05) is 12.7 Å². The molecule has 0 aliphatic rings. The molecule has 1 aromatic carbocycles. The second kappa shape index (κ2) is 11.2. The second-order valence-corrected chi connectivity index (χ2v) is 7.59. The zero-order valence-electron chi connectivity index (χ0n) is 16.9. The molecule has 2 rings (SSSR count). The van der Waals surface area contributed by atoms with Crippen LogP contribution in [0.2, 0.25) is 0 Å². The van der Waals surface area contributed by atoms with E-state index in [-0.39, 0.29) is 23.3 Å². The number of amides is 1. The van der Waals surface area contributed by atoms with Gasteiger partial charge in [-0.15, -0.1) is 0 Å². The zero-order chi connectivity index (χ0) is 23.0. The van der Waals surface area contributed by atoms with Gasteiger partial charge in [0.1, 0.15) is 28.3 Å². The van der Waals surface area contributed by atoms with Crippen LogP contribution in [-0.2, 0) is 6.18 Å². The Kier molecular flexibility index (Phi) is 9.00. The van der Waals surface area contributed by atoms with Crippen molar-refractivity contribution in [1.82, 2.24) is 10.3 Å². The molecule has 0 saturated carbocycles. The average molecular weight is 477 g/mol. The molecule has 1 amide bonds. The second-order valence-electron chi connectivity index (χ2n) is 6.58. The number of carbonyl (C=O) groups is 1. The lowest BCUT2D eigenvalue weighted by atomic mass is 10.1. The van der Waals surface area contributed by atoms with Gasteiger partial charge < -0.3 is 14.8 Å². The highest BCUT2D eigenvalue weighted by molar-refractivity contribution is 6.55. The highest BCUT2D eigenvalue weighted by Gasteiger charge is 2.30. The molecule has 0 saturated heterocycles. The maximum atomic E-state index is 12.5. The van der Waals surface area contributed by atoms with Crippen LogP contribution in [0.1, 0.15) is 33.6 Å². The number of aromatic nitrogens is 1. The summed E-state index contributed by atoms with van der Waals surface area (Å²) in [5.74, 6) is 0.826. The van der Waals surface area contributed by atoms with Crippen molar-refractivity contribution in [2.45, 2.75) is 26.4 Å². The van der Waals surface area contributed by atoms with Crippen molar-refractivity contribution in [3.63, 3.8) is 0 Å². The number of nitrogens with zero attached hydrogens (tertiary/aromatic N) is 1. The van der Waals surface area contributed by atoms with Crippen LogP contribution >= 0.6 is 23.2 Å². The van der Waals surface area contributed by atoms with E-state index in [4.69, 9.17) is 32.7 Å². The third-order valence-corrected chi connectivity index (χ3v) is 4.41. The smallest absolute Gasteiger partial charge is 0.417 e. The molecule has 2 aromatic rings. The minimum Gasteiger partial charge on any atom is -0.493 e. The van der Waals surface area contributed by atoms with Gasteiger partial charge in [-0.05, 0) is 61.7 Å². The molecule has 0 unspecified atom stereocenters. The van der Waals surface area contributed by atoms with Crippen molar-refractivity contribution in [3.05, 3.63) is 63.4 Å². The number of alkyl halides is 3. The maximum absolute atomic E-state index is 12.5. The lowest BCUT2D eigenvalue weighted by molar-refractivity contribution is -0.137. The molecule has 168 valence electrons. The summed E-state index contributed by atoms with van der Waals surface area (Å²) in [5.41, 5.74) is 0.781. The summed E-state index contributed by atoms with van der Waals surface area (Å²) in [5, 5.41) is 2.60. The predicted octanol–water partition coefficient (Wildman–Crippen LogP) is 5.61. The first-order chi connectivity index (χ1) is 14.6. The number of rotatable bonds is 9. The molecule has 0 aliphatic heterocycles. The lowest BCUT2D eigenvalue weighted by Crippen LogP contribution is -2.26. The number of benzene rings is 1. The van der Waals surface area contributed by atoms with Gasteiger partial charge in [0.15, 0.2) is 0 Å². The highest BCUT2D eigenvalue weighted by Crippen LogP contribution is 2.29. The standard InChI is InChI=1S/C21H21Cl2F3N2O3/c1-13-10-16(30-9-6-18(22)23)11-14(2)19(13)31-8-3-7-27-20(29)17-5-4-15(12-28-17)21(24,25)26/h4-6,10-12H,3,7-9H2,1-2H3,(H,27,29). The fourth-order valence-corrected chi connectivity index (χ4v) is 2.78. The van der Waals surface area contributed by atoms with E-state index in [1.54, 1.807) is 0 Å². The minimum absolute atomic E-state index is 0.0819. The van der Waals surface area contributed by atoms with E-state index >= 15 is 0 Å². The lowest BCUT2D eigenvalue weighted by Gasteiger charge is -2.14. The zero-order valence-corrected chi connectivity index (χ0v) is 18.4. The van der Waals surface area contributed by atoms with Crippen LogP contribution in [0.25, 0.3) is 0 Å². The van der Waals surface area contributed by atoms with E-state index in [1.807, 2.05) is 26.0 Å². The van der Waals surface area contributed by atoms with E-state index < -0.39 is 17.6 Å². The van der Waals surface area contributed by atoms with Crippen molar-refractivity contribution in [3.8, 4) is 11.5 Å². The fourth-order valence-electron chi connectivity index (χ4n) is 2.66. The summed E-state index contributed by atoms with van der Waals surface area (Å²) in [4.78, 5) is 15.5. The summed E-state index contributed by atoms with van der Waals surface area (Å²) in [6.07, 6.45) is -1.82. The maximum Gasteiger partial charge on any atom is 0.417 e. The van der Waals surface area contributed by atoms with E-state index in [2.05, 4.69) is 10.3 Å². The van der Waals surface area contributed by atoms with Gasteiger partial charge in [-0.1, -0.05) is 23.2 Å². The third-order valence-electron chi connectivity index (χ3n) is 4.10. The van der Waals surface area contributed by atoms with Crippen LogP contribution in [0.3, 0.4) is 0 Å². The number of hydrogen-bond acceptors (Lipinski definition) is 4. The van der Waals surface area contributed by atoms with Crippen LogP contribution in [-0.4, -0.2) is 30.6 Å². The Balaban J connectivity index is 1.79. The summed E-state index contributed by atoms with van der Waals surface area (Å²) in [6.45, 7) is 4.64.